The summed E-state index contributed by atoms with van der Waals surface area (Å²) < 4.78 is 24.5. The van der Waals surface area contributed by atoms with E-state index in [9.17, 15) is 14.0 Å². The van der Waals surface area contributed by atoms with Crippen LogP contribution in [0.25, 0.3) is 0 Å². The first-order chi connectivity index (χ1) is 15.0. The lowest BCUT2D eigenvalue weighted by molar-refractivity contribution is -0.126. The molecule has 2 aliphatic heterocycles. The molecule has 0 saturated carbocycles. The number of methoxy groups -OCH3 is 1. The summed E-state index contributed by atoms with van der Waals surface area (Å²) in [6, 6.07) is 13.9. The molecule has 2 atom stereocenters. The van der Waals surface area contributed by atoms with Crippen molar-refractivity contribution < 1.29 is 23.5 Å². The number of fused-ring (bicyclic) bond motifs is 2. The van der Waals surface area contributed by atoms with Crippen molar-refractivity contribution in [1.82, 2.24) is 4.90 Å². The number of nitrogens with zero attached hydrogens (tertiary/aromatic N) is 1. The van der Waals surface area contributed by atoms with Gasteiger partial charge in [0.2, 0.25) is 0 Å². The van der Waals surface area contributed by atoms with Gasteiger partial charge in [-0.3, -0.25) is 4.79 Å². The fraction of sp³-hybridized carbons (Fsp3) is 0.440. The standard InChI is InChI=1S/C25H28FNO4/c1-30-24-11-10-20(26)12-19(24)15-23(28)18-13-21-8-5-9-22(14-18)27(21)25(29)31-16-17-6-3-2-4-7-17/h2-4,6-7,10-12,18,21-22H,5,8-9,13-16H2,1H3. The molecular weight excluding hydrogens is 397 g/mol. The van der Waals surface area contributed by atoms with E-state index in [1.807, 2.05) is 35.2 Å². The SMILES string of the molecule is COc1ccc(F)cc1CC(=O)C1CC2CCCC(C1)N2C(=O)OCc1ccccc1. The molecule has 0 N–H and O–H groups in total. The minimum absolute atomic E-state index is 0.0131. The zero-order valence-corrected chi connectivity index (χ0v) is 17.8. The molecule has 2 bridgehead atoms. The molecule has 2 heterocycles. The molecule has 2 aromatic carbocycles. The van der Waals surface area contributed by atoms with Gasteiger partial charge in [0, 0.05) is 30.0 Å². The van der Waals surface area contributed by atoms with E-state index in [2.05, 4.69) is 0 Å². The van der Waals surface area contributed by atoms with Crippen LogP contribution in [-0.4, -0.2) is 36.0 Å². The summed E-state index contributed by atoms with van der Waals surface area (Å²) in [7, 11) is 1.52. The summed E-state index contributed by atoms with van der Waals surface area (Å²) in [6.45, 7) is 0.247. The Bertz CT molecular complexity index is 918. The number of hydrogen-bond donors (Lipinski definition) is 0. The number of rotatable bonds is 6. The third kappa shape index (κ3) is 4.89. The number of benzene rings is 2. The molecule has 2 aliphatic rings. The lowest BCUT2D eigenvalue weighted by Crippen LogP contribution is -2.55. The highest BCUT2D eigenvalue weighted by Crippen LogP contribution is 2.38. The Labute approximate surface area is 182 Å². The van der Waals surface area contributed by atoms with Gasteiger partial charge in [-0.15, -0.1) is 0 Å². The Morgan fingerprint density at radius 3 is 2.45 bits per heavy atom. The first-order valence-electron chi connectivity index (χ1n) is 10.9. The highest BCUT2D eigenvalue weighted by molar-refractivity contribution is 5.84. The molecule has 6 heteroatoms. The van der Waals surface area contributed by atoms with Crippen molar-refractivity contribution in [3.8, 4) is 5.75 Å². The number of Topliss-reactive ketones (excluding diaryl/α,β-unsaturated/α-hetero) is 1. The van der Waals surface area contributed by atoms with E-state index in [1.165, 1.54) is 19.2 Å². The van der Waals surface area contributed by atoms with Crippen molar-refractivity contribution in [2.45, 2.75) is 57.2 Å². The molecule has 5 nitrogen and oxygen atoms in total. The summed E-state index contributed by atoms with van der Waals surface area (Å²) in [6.07, 6.45) is 3.92. The van der Waals surface area contributed by atoms with Crippen LogP contribution < -0.4 is 4.74 Å². The molecule has 0 aromatic heterocycles. The molecule has 31 heavy (non-hydrogen) atoms. The zero-order chi connectivity index (χ0) is 21.8. The van der Waals surface area contributed by atoms with E-state index in [1.54, 1.807) is 6.07 Å². The predicted molar refractivity (Wildman–Crippen MR) is 114 cm³/mol. The monoisotopic (exact) mass is 425 g/mol. The average molecular weight is 426 g/mol. The molecule has 164 valence electrons. The van der Waals surface area contributed by atoms with Gasteiger partial charge >= 0.3 is 6.09 Å². The van der Waals surface area contributed by atoms with Gasteiger partial charge in [-0.05, 0) is 55.9 Å². The van der Waals surface area contributed by atoms with Gasteiger partial charge in [0.05, 0.1) is 7.11 Å². The largest absolute Gasteiger partial charge is 0.496 e. The van der Waals surface area contributed by atoms with E-state index in [0.717, 1.165) is 24.8 Å². The van der Waals surface area contributed by atoms with Crippen molar-refractivity contribution in [3.63, 3.8) is 0 Å². The van der Waals surface area contributed by atoms with Crippen LogP contribution >= 0.6 is 0 Å². The number of carbonyl (C=O) groups is 2. The van der Waals surface area contributed by atoms with Crippen LogP contribution in [0.3, 0.4) is 0 Å². The predicted octanol–water partition coefficient (Wildman–Crippen LogP) is 4.92. The molecule has 2 aromatic rings. The fourth-order valence-corrected chi connectivity index (χ4v) is 4.95. The van der Waals surface area contributed by atoms with Gasteiger partial charge in [0.1, 0.15) is 24.0 Å². The zero-order valence-electron chi connectivity index (χ0n) is 17.8. The van der Waals surface area contributed by atoms with Gasteiger partial charge < -0.3 is 14.4 Å². The van der Waals surface area contributed by atoms with Crippen molar-refractivity contribution in [1.29, 1.82) is 0 Å². The minimum Gasteiger partial charge on any atom is -0.496 e. The van der Waals surface area contributed by atoms with Crippen molar-refractivity contribution in [2.24, 2.45) is 5.92 Å². The Balaban J connectivity index is 1.40. The summed E-state index contributed by atoms with van der Waals surface area (Å²) in [4.78, 5) is 27.7. The summed E-state index contributed by atoms with van der Waals surface area (Å²) in [5.74, 6) is 0.0906. The average Bonchev–Trinajstić information content (AvgIpc) is 2.77. The van der Waals surface area contributed by atoms with E-state index in [-0.39, 0.29) is 48.7 Å². The molecule has 1 amide bonds. The number of piperidine rings is 2. The van der Waals surface area contributed by atoms with E-state index < -0.39 is 0 Å². The first kappa shape index (κ1) is 21.3. The Hall–Kier alpha value is -2.89. The number of amides is 1. The van der Waals surface area contributed by atoms with Gasteiger partial charge in [-0.1, -0.05) is 30.3 Å². The number of hydrogen-bond acceptors (Lipinski definition) is 4. The maximum absolute atomic E-state index is 13.7. The van der Waals surface area contributed by atoms with Crippen LogP contribution in [0.2, 0.25) is 0 Å². The summed E-state index contributed by atoms with van der Waals surface area (Å²) >= 11 is 0. The Kier molecular flexibility index (Phi) is 6.54. The topological polar surface area (TPSA) is 55.8 Å². The van der Waals surface area contributed by atoms with E-state index >= 15 is 0 Å². The first-order valence-corrected chi connectivity index (χ1v) is 10.9. The lowest BCUT2D eigenvalue weighted by atomic mass is 9.76. The maximum Gasteiger partial charge on any atom is 0.410 e. The molecule has 2 fully saturated rings. The van der Waals surface area contributed by atoms with Crippen molar-refractivity contribution in [3.05, 3.63) is 65.5 Å². The van der Waals surface area contributed by atoms with E-state index in [0.29, 0.717) is 24.2 Å². The molecule has 2 saturated heterocycles. The van der Waals surface area contributed by atoms with Crippen LogP contribution in [0.15, 0.2) is 48.5 Å². The quantitative estimate of drug-likeness (QED) is 0.660. The highest BCUT2D eigenvalue weighted by Gasteiger charge is 2.43. The number of ketones is 1. The van der Waals surface area contributed by atoms with Crippen molar-refractivity contribution >= 4 is 11.9 Å². The van der Waals surface area contributed by atoms with Gasteiger partial charge in [-0.25, -0.2) is 9.18 Å². The molecule has 0 aliphatic carbocycles. The van der Waals surface area contributed by atoms with E-state index in [4.69, 9.17) is 9.47 Å². The molecular formula is C25H28FNO4. The number of halogens is 1. The van der Waals surface area contributed by atoms with Crippen LogP contribution in [0.1, 0.15) is 43.2 Å². The molecule has 0 radical (unpaired) electrons. The van der Waals surface area contributed by atoms with Gasteiger partial charge in [-0.2, -0.15) is 0 Å². The third-order valence-corrected chi connectivity index (χ3v) is 6.45. The van der Waals surface area contributed by atoms with Crippen LogP contribution in [0.4, 0.5) is 9.18 Å². The second-order valence-corrected chi connectivity index (χ2v) is 8.45. The molecule has 2 unspecified atom stereocenters. The summed E-state index contributed by atoms with van der Waals surface area (Å²) in [5, 5.41) is 0. The second-order valence-electron chi connectivity index (χ2n) is 8.45. The van der Waals surface area contributed by atoms with Crippen LogP contribution in [0, 0.1) is 11.7 Å². The normalized spacial score (nSPS) is 22.6. The van der Waals surface area contributed by atoms with Crippen molar-refractivity contribution in [2.75, 3.05) is 7.11 Å². The molecule has 4 rings (SSSR count). The minimum atomic E-state index is -0.378. The second kappa shape index (κ2) is 9.50. The lowest BCUT2D eigenvalue weighted by Gasteiger charge is -2.47. The number of carbonyl (C=O) groups excluding carboxylic acids is 2. The van der Waals surface area contributed by atoms with Gasteiger partial charge in [0.15, 0.2) is 0 Å². The summed E-state index contributed by atoms with van der Waals surface area (Å²) in [5.41, 5.74) is 1.53. The van der Waals surface area contributed by atoms with Gasteiger partial charge in [0.25, 0.3) is 0 Å². The Morgan fingerprint density at radius 2 is 1.77 bits per heavy atom. The molecule has 0 spiro atoms. The maximum atomic E-state index is 13.7. The number of ether oxygens (including phenoxy) is 2. The van der Waals surface area contributed by atoms with Crippen LogP contribution in [0.5, 0.6) is 5.75 Å². The Morgan fingerprint density at radius 1 is 1.06 bits per heavy atom. The fourth-order valence-electron chi connectivity index (χ4n) is 4.95. The van der Waals surface area contributed by atoms with Crippen LogP contribution in [-0.2, 0) is 22.6 Å². The smallest absolute Gasteiger partial charge is 0.410 e. The highest BCUT2D eigenvalue weighted by atomic mass is 19.1. The third-order valence-electron chi connectivity index (χ3n) is 6.45.